The lowest BCUT2D eigenvalue weighted by Gasteiger charge is -2.23. The van der Waals surface area contributed by atoms with E-state index in [4.69, 9.17) is 4.74 Å². The van der Waals surface area contributed by atoms with Gasteiger partial charge in [-0.05, 0) is 32.1 Å². The van der Waals surface area contributed by atoms with Gasteiger partial charge in [0.15, 0.2) is 17.2 Å². The third kappa shape index (κ3) is 5.27. The summed E-state index contributed by atoms with van der Waals surface area (Å²) in [5.74, 6) is 0.417. The fourth-order valence-electron chi connectivity index (χ4n) is 2.69. The highest BCUT2D eigenvalue weighted by Gasteiger charge is 2.20. The maximum absolute atomic E-state index is 12.3. The molecule has 0 saturated carbocycles. The van der Waals surface area contributed by atoms with Crippen molar-refractivity contribution in [3.05, 3.63) is 29.6 Å². The van der Waals surface area contributed by atoms with Crippen LogP contribution in [0.5, 0.6) is 11.5 Å². The second-order valence-electron chi connectivity index (χ2n) is 5.90. The minimum absolute atomic E-state index is 0.00512. The number of methoxy groups -OCH3 is 1. The third-order valence-electron chi connectivity index (χ3n) is 4.00. The Kier molecular flexibility index (Phi) is 7.59. The zero-order valence-corrected chi connectivity index (χ0v) is 14.7. The maximum atomic E-state index is 12.3. The van der Waals surface area contributed by atoms with Crippen molar-refractivity contribution in [3.8, 4) is 11.5 Å². The molecule has 128 valence electrons. The average molecular weight is 320 g/mol. The predicted molar refractivity (Wildman–Crippen MR) is 91.8 cm³/mol. The van der Waals surface area contributed by atoms with Crippen molar-refractivity contribution in [1.29, 1.82) is 0 Å². The normalized spacial score (nSPS) is 13.1. The number of nitrogens with zero attached hydrogens (tertiary/aromatic N) is 1. The molecule has 0 saturated heterocycles. The van der Waals surface area contributed by atoms with Crippen LogP contribution in [-0.4, -0.2) is 29.7 Å². The highest BCUT2D eigenvalue weighted by molar-refractivity contribution is 5.95. The van der Waals surface area contributed by atoms with Crippen molar-refractivity contribution in [2.24, 2.45) is 11.8 Å². The number of aromatic hydroxyl groups is 1. The molecule has 5 heteroatoms. The molecule has 5 nitrogen and oxygen atoms in total. The number of nitrogens with one attached hydrogen (secondary N) is 1. The quantitative estimate of drug-likeness (QED) is 0.719. The molecule has 2 unspecified atom stereocenters. The number of amides is 1. The van der Waals surface area contributed by atoms with E-state index in [9.17, 15) is 9.90 Å². The summed E-state index contributed by atoms with van der Waals surface area (Å²) >= 11 is 0. The molecule has 1 aromatic heterocycles. The van der Waals surface area contributed by atoms with E-state index in [1.165, 1.54) is 24.9 Å². The Morgan fingerprint density at radius 2 is 2.09 bits per heavy atom. The molecule has 2 N–H and O–H groups in total. The van der Waals surface area contributed by atoms with Crippen LogP contribution in [0.1, 0.15) is 51.0 Å². The minimum Gasteiger partial charge on any atom is -0.503 e. The molecule has 23 heavy (non-hydrogen) atoms. The van der Waals surface area contributed by atoms with Gasteiger partial charge in [-0.2, -0.15) is 0 Å². The van der Waals surface area contributed by atoms with E-state index in [2.05, 4.69) is 44.1 Å². The smallest absolute Gasteiger partial charge is 0.273 e. The van der Waals surface area contributed by atoms with Crippen LogP contribution in [0.4, 0.5) is 0 Å². The van der Waals surface area contributed by atoms with Gasteiger partial charge >= 0.3 is 0 Å². The summed E-state index contributed by atoms with van der Waals surface area (Å²) in [6.45, 7) is 9.01. The molecule has 1 heterocycles. The van der Waals surface area contributed by atoms with Crippen LogP contribution in [0.25, 0.3) is 0 Å². The number of hydrogen-bond donors (Lipinski definition) is 2. The largest absolute Gasteiger partial charge is 0.503 e. The first-order chi connectivity index (χ1) is 10.9. The van der Waals surface area contributed by atoms with Gasteiger partial charge in [-0.3, -0.25) is 4.79 Å². The summed E-state index contributed by atoms with van der Waals surface area (Å²) in [5.41, 5.74) is 1.28. The molecular formula is C18H28N2O3. The molecule has 0 bridgehead atoms. The van der Waals surface area contributed by atoms with Gasteiger partial charge in [0, 0.05) is 18.8 Å². The Morgan fingerprint density at radius 1 is 1.39 bits per heavy atom. The molecule has 1 aromatic rings. The second-order valence-corrected chi connectivity index (χ2v) is 5.90. The Morgan fingerprint density at radius 3 is 2.61 bits per heavy atom. The van der Waals surface area contributed by atoms with Gasteiger partial charge in [0.1, 0.15) is 0 Å². The number of carbonyl (C=O) groups excluding carboxylic acids is 1. The number of hydrogen-bond acceptors (Lipinski definition) is 4. The lowest BCUT2D eigenvalue weighted by Crippen LogP contribution is -2.32. The van der Waals surface area contributed by atoms with Crippen LogP contribution < -0.4 is 10.1 Å². The number of ether oxygens (including phenoxy) is 1. The van der Waals surface area contributed by atoms with Crippen molar-refractivity contribution in [2.45, 2.75) is 40.5 Å². The van der Waals surface area contributed by atoms with Crippen LogP contribution in [0.3, 0.4) is 0 Å². The third-order valence-corrected chi connectivity index (χ3v) is 4.00. The van der Waals surface area contributed by atoms with Gasteiger partial charge in [0.2, 0.25) is 0 Å². The highest BCUT2D eigenvalue weighted by atomic mass is 16.5. The zero-order chi connectivity index (χ0) is 17.4. The van der Waals surface area contributed by atoms with E-state index in [1.807, 2.05) is 0 Å². The van der Waals surface area contributed by atoms with E-state index < -0.39 is 0 Å². The number of pyridine rings is 1. The summed E-state index contributed by atoms with van der Waals surface area (Å²) in [6, 6.07) is 1.52. The van der Waals surface area contributed by atoms with E-state index >= 15 is 0 Å². The van der Waals surface area contributed by atoms with E-state index in [-0.39, 0.29) is 23.1 Å². The van der Waals surface area contributed by atoms with Gasteiger partial charge in [0.05, 0.1) is 7.11 Å². The molecule has 1 rings (SSSR count). The van der Waals surface area contributed by atoms with Crippen molar-refractivity contribution in [3.63, 3.8) is 0 Å². The Bertz CT molecular complexity index is 551. The first-order valence-corrected chi connectivity index (χ1v) is 8.09. The number of aromatic nitrogens is 1. The molecule has 0 radical (unpaired) electrons. The number of carbonyl (C=O) groups is 1. The maximum Gasteiger partial charge on any atom is 0.273 e. The summed E-state index contributed by atoms with van der Waals surface area (Å²) in [4.78, 5) is 16.2. The topological polar surface area (TPSA) is 71.5 Å². The minimum atomic E-state index is -0.382. The Labute approximate surface area is 138 Å². The zero-order valence-electron chi connectivity index (χ0n) is 14.7. The molecule has 2 atom stereocenters. The molecular weight excluding hydrogens is 292 g/mol. The van der Waals surface area contributed by atoms with Crippen molar-refractivity contribution in [1.82, 2.24) is 10.3 Å². The van der Waals surface area contributed by atoms with Gasteiger partial charge in [-0.1, -0.05) is 31.9 Å². The summed E-state index contributed by atoms with van der Waals surface area (Å²) < 4.78 is 5.00. The van der Waals surface area contributed by atoms with E-state index in [0.29, 0.717) is 18.4 Å². The lowest BCUT2D eigenvalue weighted by molar-refractivity contribution is 0.0934. The summed E-state index contributed by atoms with van der Waals surface area (Å²) in [7, 11) is 1.44. The fraction of sp³-hybridized carbons (Fsp3) is 0.556. The van der Waals surface area contributed by atoms with Gasteiger partial charge < -0.3 is 15.2 Å². The van der Waals surface area contributed by atoms with Crippen molar-refractivity contribution < 1.29 is 14.6 Å². The molecule has 0 fully saturated rings. The molecule has 0 aliphatic carbocycles. The molecule has 0 aromatic carbocycles. The van der Waals surface area contributed by atoms with E-state index in [0.717, 1.165) is 12.8 Å². The predicted octanol–water partition coefficient (Wildman–Crippen LogP) is 3.54. The van der Waals surface area contributed by atoms with Crippen LogP contribution in [0.15, 0.2) is 23.9 Å². The molecule has 0 spiro atoms. The van der Waals surface area contributed by atoms with Crippen molar-refractivity contribution >= 4 is 5.91 Å². The number of rotatable bonds is 8. The standard InChI is InChI=1S/C18H28N2O3/c1-6-13(10-12(3)4)14(7-2)11-20-18(22)16-17(21)15(23-5)8-9-19-16/h8-10,13-14,21H,6-7,11H2,1-5H3,(H,20,22). The van der Waals surface area contributed by atoms with Gasteiger partial charge in [-0.25, -0.2) is 4.98 Å². The molecule has 0 aliphatic rings. The number of allylic oxidation sites excluding steroid dienone is 2. The SMILES string of the molecule is CCC(C=C(C)C)C(CC)CNC(=O)c1nccc(OC)c1O. The second kappa shape index (κ2) is 9.18. The van der Waals surface area contributed by atoms with Crippen LogP contribution in [-0.2, 0) is 0 Å². The molecule has 1 amide bonds. The molecule has 0 aliphatic heterocycles. The monoisotopic (exact) mass is 320 g/mol. The average Bonchev–Trinajstić information content (AvgIpc) is 2.53. The van der Waals surface area contributed by atoms with Crippen LogP contribution in [0.2, 0.25) is 0 Å². The van der Waals surface area contributed by atoms with E-state index in [1.54, 1.807) is 0 Å². The Balaban J connectivity index is 2.79. The summed E-state index contributed by atoms with van der Waals surface area (Å²) in [5, 5.41) is 12.9. The Hall–Kier alpha value is -2.04. The van der Waals surface area contributed by atoms with Crippen LogP contribution >= 0.6 is 0 Å². The highest BCUT2D eigenvalue weighted by Crippen LogP contribution is 2.27. The lowest BCUT2D eigenvalue weighted by atomic mass is 9.86. The van der Waals surface area contributed by atoms with Crippen molar-refractivity contribution in [2.75, 3.05) is 13.7 Å². The fourth-order valence-corrected chi connectivity index (χ4v) is 2.69. The van der Waals surface area contributed by atoms with Gasteiger partial charge in [0.25, 0.3) is 5.91 Å². The summed E-state index contributed by atoms with van der Waals surface area (Å²) in [6.07, 6.45) is 5.71. The van der Waals surface area contributed by atoms with Gasteiger partial charge in [-0.15, -0.1) is 0 Å². The van der Waals surface area contributed by atoms with Crippen LogP contribution in [0, 0.1) is 11.8 Å². The first-order valence-electron chi connectivity index (χ1n) is 8.09. The first kappa shape index (κ1) is 19.0.